The van der Waals surface area contributed by atoms with E-state index in [1.54, 1.807) is 31.3 Å². The Labute approximate surface area is 137 Å². The zero-order chi connectivity index (χ0) is 16.5. The van der Waals surface area contributed by atoms with E-state index in [4.69, 9.17) is 0 Å². The third-order valence-electron chi connectivity index (χ3n) is 4.63. The molecule has 2 aromatic rings. The van der Waals surface area contributed by atoms with Gasteiger partial charge >= 0.3 is 0 Å². The van der Waals surface area contributed by atoms with E-state index >= 15 is 0 Å². The summed E-state index contributed by atoms with van der Waals surface area (Å²) in [5.74, 6) is 0. The minimum absolute atomic E-state index is 0.437. The summed E-state index contributed by atoms with van der Waals surface area (Å²) in [5.41, 5.74) is -0.346. The van der Waals surface area contributed by atoms with Crippen LogP contribution in [0.3, 0.4) is 0 Å². The topological polar surface area (TPSA) is 57.6 Å². The Morgan fingerprint density at radius 1 is 1.00 bits per heavy atom. The second kappa shape index (κ2) is 6.07. The highest BCUT2D eigenvalue weighted by atomic mass is 32.2. The number of nitrogens with zero attached hydrogens (tertiary/aromatic N) is 1. The van der Waals surface area contributed by atoms with Crippen molar-refractivity contribution < 1.29 is 13.5 Å². The molecule has 1 aliphatic rings. The third kappa shape index (κ3) is 2.69. The van der Waals surface area contributed by atoms with Crippen LogP contribution in [0, 0.1) is 0 Å². The summed E-state index contributed by atoms with van der Waals surface area (Å²) in [7, 11) is -1.99. The molecule has 2 aromatic carbocycles. The van der Waals surface area contributed by atoms with Crippen molar-refractivity contribution in [3.8, 4) is 0 Å². The van der Waals surface area contributed by atoms with Crippen LogP contribution in [0.15, 0.2) is 60.7 Å². The first-order valence-corrected chi connectivity index (χ1v) is 9.26. The number of aliphatic hydroxyl groups is 1. The van der Waals surface area contributed by atoms with Gasteiger partial charge in [-0.3, -0.25) is 0 Å². The van der Waals surface area contributed by atoms with Gasteiger partial charge < -0.3 is 5.11 Å². The van der Waals surface area contributed by atoms with E-state index in [9.17, 15) is 13.5 Å². The molecule has 1 unspecified atom stereocenters. The SMILES string of the molecule is CN1CCCC(C(O)(c2ccccc2)c2ccccc2)S1(=O)=O. The lowest BCUT2D eigenvalue weighted by Crippen LogP contribution is -2.53. The Bertz CT molecular complexity index is 720. The molecule has 0 bridgehead atoms. The smallest absolute Gasteiger partial charge is 0.220 e. The fraction of sp³-hybridized carbons (Fsp3) is 0.333. The highest BCUT2D eigenvalue weighted by Crippen LogP contribution is 2.40. The lowest BCUT2D eigenvalue weighted by atomic mass is 9.81. The minimum atomic E-state index is -3.57. The molecule has 3 rings (SSSR count). The van der Waals surface area contributed by atoms with E-state index in [0.29, 0.717) is 24.1 Å². The minimum Gasteiger partial charge on any atom is -0.379 e. The van der Waals surface area contributed by atoms with Crippen LogP contribution in [-0.2, 0) is 15.6 Å². The Hall–Kier alpha value is -1.69. The number of rotatable bonds is 3. The number of hydrogen-bond acceptors (Lipinski definition) is 3. The van der Waals surface area contributed by atoms with Crippen LogP contribution in [-0.4, -0.2) is 36.7 Å². The summed E-state index contributed by atoms with van der Waals surface area (Å²) < 4.78 is 27.1. The molecule has 1 saturated heterocycles. The van der Waals surface area contributed by atoms with Gasteiger partial charge in [-0.15, -0.1) is 0 Å². The maximum Gasteiger partial charge on any atom is 0.220 e. The van der Waals surface area contributed by atoms with Crippen LogP contribution in [0.1, 0.15) is 24.0 Å². The fourth-order valence-corrected chi connectivity index (χ4v) is 5.33. The van der Waals surface area contributed by atoms with Crippen LogP contribution in [0.2, 0.25) is 0 Å². The predicted molar refractivity (Wildman–Crippen MR) is 90.5 cm³/mol. The average molecular weight is 331 g/mol. The molecular weight excluding hydrogens is 310 g/mol. The Morgan fingerprint density at radius 3 is 1.96 bits per heavy atom. The zero-order valence-corrected chi connectivity index (χ0v) is 13.9. The van der Waals surface area contributed by atoms with E-state index < -0.39 is 20.9 Å². The van der Waals surface area contributed by atoms with E-state index in [2.05, 4.69) is 0 Å². The largest absolute Gasteiger partial charge is 0.379 e. The van der Waals surface area contributed by atoms with Gasteiger partial charge in [-0.05, 0) is 24.0 Å². The van der Waals surface area contributed by atoms with Gasteiger partial charge in [0, 0.05) is 13.6 Å². The number of benzene rings is 2. The average Bonchev–Trinajstić information content (AvgIpc) is 2.58. The number of sulfonamides is 1. The van der Waals surface area contributed by atoms with Gasteiger partial charge in [0.25, 0.3) is 0 Å². The van der Waals surface area contributed by atoms with Crippen molar-refractivity contribution in [1.82, 2.24) is 4.31 Å². The first-order valence-electron chi connectivity index (χ1n) is 7.76. The normalized spacial score (nSPS) is 21.9. The van der Waals surface area contributed by atoms with E-state index in [1.807, 2.05) is 36.4 Å². The van der Waals surface area contributed by atoms with Gasteiger partial charge in [0.05, 0.1) is 0 Å². The van der Waals surface area contributed by atoms with E-state index in [1.165, 1.54) is 4.31 Å². The molecule has 1 aliphatic heterocycles. The van der Waals surface area contributed by atoms with Gasteiger partial charge in [-0.2, -0.15) is 0 Å². The molecule has 0 spiro atoms. The maximum atomic E-state index is 12.9. The Balaban J connectivity index is 2.21. The second-order valence-electron chi connectivity index (χ2n) is 6.00. The van der Waals surface area contributed by atoms with Gasteiger partial charge in [-0.1, -0.05) is 60.7 Å². The van der Waals surface area contributed by atoms with Crippen molar-refractivity contribution >= 4 is 10.0 Å². The Morgan fingerprint density at radius 2 is 1.48 bits per heavy atom. The van der Waals surface area contributed by atoms with Gasteiger partial charge in [0.2, 0.25) is 10.0 Å². The van der Waals surface area contributed by atoms with E-state index in [0.717, 1.165) is 6.42 Å². The summed E-state index contributed by atoms with van der Waals surface area (Å²) in [5, 5.41) is 10.7. The maximum absolute atomic E-state index is 12.9. The van der Waals surface area contributed by atoms with Gasteiger partial charge in [-0.25, -0.2) is 12.7 Å². The highest BCUT2D eigenvalue weighted by Gasteiger charge is 2.50. The van der Waals surface area contributed by atoms with Crippen molar-refractivity contribution in [2.75, 3.05) is 13.6 Å². The molecule has 23 heavy (non-hydrogen) atoms. The monoisotopic (exact) mass is 331 g/mol. The molecule has 5 heteroatoms. The fourth-order valence-electron chi connectivity index (χ4n) is 3.34. The Kier molecular flexibility index (Phi) is 4.27. The molecule has 0 aliphatic carbocycles. The summed E-state index contributed by atoms with van der Waals surface area (Å²) >= 11 is 0. The summed E-state index contributed by atoms with van der Waals surface area (Å²) in [4.78, 5) is 0. The standard InChI is InChI=1S/C18H21NO3S/c1-19-14-8-13-17(23(19,21)22)18(20,15-9-4-2-5-10-15)16-11-6-3-7-12-16/h2-7,9-12,17,20H,8,13-14H2,1H3. The van der Waals surface area contributed by atoms with Crippen LogP contribution >= 0.6 is 0 Å². The molecular formula is C18H21NO3S. The molecule has 0 amide bonds. The summed E-state index contributed by atoms with van der Waals surface area (Å²) in [6.07, 6.45) is 1.18. The van der Waals surface area contributed by atoms with Crippen LogP contribution in [0.25, 0.3) is 0 Å². The first kappa shape index (κ1) is 16.2. The summed E-state index contributed by atoms with van der Waals surface area (Å²) in [6, 6.07) is 18.2. The predicted octanol–water partition coefficient (Wildman–Crippen LogP) is 2.35. The molecule has 1 heterocycles. The van der Waals surface area contributed by atoms with Crippen LogP contribution in [0.4, 0.5) is 0 Å². The molecule has 0 aromatic heterocycles. The van der Waals surface area contributed by atoms with Gasteiger partial charge in [0.1, 0.15) is 10.9 Å². The molecule has 122 valence electrons. The number of hydrogen-bond donors (Lipinski definition) is 1. The van der Waals surface area contributed by atoms with Crippen molar-refractivity contribution in [3.05, 3.63) is 71.8 Å². The van der Waals surface area contributed by atoms with Crippen molar-refractivity contribution in [2.45, 2.75) is 23.7 Å². The molecule has 1 atom stereocenters. The van der Waals surface area contributed by atoms with Crippen LogP contribution < -0.4 is 0 Å². The lowest BCUT2D eigenvalue weighted by molar-refractivity contribution is 0.0664. The summed E-state index contributed by atoms with van der Waals surface area (Å²) in [6.45, 7) is 0.499. The van der Waals surface area contributed by atoms with Crippen molar-refractivity contribution in [2.24, 2.45) is 0 Å². The first-order chi connectivity index (χ1) is 11.0. The van der Waals surface area contributed by atoms with Crippen molar-refractivity contribution in [1.29, 1.82) is 0 Å². The molecule has 0 saturated carbocycles. The molecule has 4 nitrogen and oxygen atoms in total. The molecule has 0 radical (unpaired) electrons. The van der Waals surface area contributed by atoms with E-state index in [-0.39, 0.29) is 0 Å². The molecule has 1 N–H and O–H groups in total. The lowest BCUT2D eigenvalue weighted by Gasteiger charge is -2.41. The van der Waals surface area contributed by atoms with Crippen molar-refractivity contribution in [3.63, 3.8) is 0 Å². The highest BCUT2D eigenvalue weighted by molar-refractivity contribution is 7.89. The van der Waals surface area contributed by atoms with Gasteiger partial charge in [0.15, 0.2) is 0 Å². The van der Waals surface area contributed by atoms with Crippen LogP contribution in [0.5, 0.6) is 0 Å². The third-order valence-corrected chi connectivity index (χ3v) is 6.97. The zero-order valence-electron chi connectivity index (χ0n) is 13.1. The molecule has 1 fully saturated rings. The quantitative estimate of drug-likeness (QED) is 0.939. The second-order valence-corrected chi connectivity index (χ2v) is 8.22.